The average Bonchev–Trinajstić information content (AvgIpc) is 3.16. The first-order chi connectivity index (χ1) is 13.1. The largest absolute Gasteiger partial charge is 0.281 e. The van der Waals surface area contributed by atoms with Gasteiger partial charge in [-0.2, -0.15) is 13.5 Å². The van der Waals surface area contributed by atoms with Gasteiger partial charge in [0.1, 0.15) is 0 Å². The van der Waals surface area contributed by atoms with Gasteiger partial charge >= 0.3 is 0 Å². The smallest absolute Gasteiger partial charge is 0.268 e. The van der Waals surface area contributed by atoms with Gasteiger partial charge in [0, 0.05) is 16.7 Å². The van der Waals surface area contributed by atoms with Gasteiger partial charge in [0.05, 0.1) is 17.5 Å². The second kappa shape index (κ2) is 7.20. The number of pyridine rings is 1. The summed E-state index contributed by atoms with van der Waals surface area (Å²) in [6, 6.07) is 12.2. The monoisotopic (exact) mass is 398 g/mol. The van der Waals surface area contributed by atoms with Crippen molar-refractivity contribution < 1.29 is 13.2 Å². The molecule has 0 bridgehead atoms. The molecule has 2 heterocycles. The SMILES string of the molecule is Cc1ccc(-c2nc(C(C)(C)C)ccc2C(=O)NS(=O)(=O)c2ccn[nH]2)cc1. The van der Waals surface area contributed by atoms with Crippen LogP contribution in [0.15, 0.2) is 53.7 Å². The number of aromatic amines is 1. The third kappa shape index (κ3) is 4.12. The molecular formula is C20H22N4O3S. The lowest BCUT2D eigenvalue weighted by molar-refractivity contribution is 0.0981. The lowest BCUT2D eigenvalue weighted by Gasteiger charge is -2.20. The number of sulfonamides is 1. The van der Waals surface area contributed by atoms with Crippen molar-refractivity contribution in [2.45, 2.75) is 38.1 Å². The lowest BCUT2D eigenvalue weighted by Crippen LogP contribution is -2.31. The van der Waals surface area contributed by atoms with Crippen LogP contribution in [0.5, 0.6) is 0 Å². The Kier molecular flexibility index (Phi) is 5.08. The Balaban J connectivity index is 2.07. The van der Waals surface area contributed by atoms with Gasteiger partial charge in [0.25, 0.3) is 15.9 Å². The zero-order chi connectivity index (χ0) is 20.5. The van der Waals surface area contributed by atoms with Crippen LogP contribution >= 0.6 is 0 Å². The van der Waals surface area contributed by atoms with Crippen molar-refractivity contribution in [3.05, 3.63) is 65.5 Å². The van der Waals surface area contributed by atoms with Gasteiger partial charge in [-0.1, -0.05) is 50.6 Å². The van der Waals surface area contributed by atoms with E-state index in [9.17, 15) is 13.2 Å². The van der Waals surface area contributed by atoms with Gasteiger partial charge < -0.3 is 0 Å². The fourth-order valence-corrected chi connectivity index (χ4v) is 3.49. The number of nitrogens with zero attached hydrogens (tertiary/aromatic N) is 2. The van der Waals surface area contributed by atoms with Crippen molar-refractivity contribution in [3.8, 4) is 11.3 Å². The number of amides is 1. The van der Waals surface area contributed by atoms with Crippen LogP contribution in [0, 0.1) is 6.92 Å². The van der Waals surface area contributed by atoms with E-state index in [0.29, 0.717) is 5.69 Å². The summed E-state index contributed by atoms with van der Waals surface area (Å²) < 4.78 is 26.8. The molecule has 0 saturated carbocycles. The molecule has 0 atom stereocenters. The van der Waals surface area contributed by atoms with Crippen LogP contribution in [0.1, 0.15) is 42.4 Å². The van der Waals surface area contributed by atoms with Crippen molar-refractivity contribution in [2.75, 3.05) is 0 Å². The summed E-state index contributed by atoms with van der Waals surface area (Å²) in [5.41, 5.74) is 3.00. The van der Waals surface area contributed by atoms with E-state index in [1.807, 2.05) is 52.0 Å². The Morgan fingerprint density at radius 3 is 2.29 bits per heavy atom. The maximum atomic E-state index is 12.8. The molecule has 146 valence electrons. The van der Waals surface area contributed by atoms with E-state index in [1.165, 1.54) is 12.3 Å². The molecule has 0 unspecified atom stereocenters. The number of hydrogen-bond donors (Lipinski definition) is 2. The van der Waals surface area contributed by atoms with Crippen LogP contribution in [0.4, 0.5) is 0 Å². The number of H-pyrrole nitrogens is 1. The fraction of sp³-hybridized carbons (Fsp3) is 0.250. The molecule has 7 nitrogen and oxygen atoms in total. The number of benzene rings is 1. The normalized spacial score (nSPS) is 12.0. The zero-order valence-corrected chi connectivity index (χ0v) is 17.0. The molecule has 0 aliphatic heterocycles. The molecule has 28 heavy (non-hydrogen) atoms. The summed E-state index contributed by atoms with van der Waals surface area (Å²) in [7, 11) is -4.05. The van der Waals surface area contributed by atoms with Crippen LogP contribution < -0.4 is 4.72 Å². The third-order valence-corrected chi connectivity index (χ3v) is 5.49. The van der Waals surface area contributed by atoms with Gasteiger partial charge in [0.2, 0.25) is 0 Å². The fourth-order valence-electron chi connectivity index (χ4n) is 2.62. The maximum Gasteiger partial charge on any atom is 0.281 e. The van der Waals surface area contributed by atoms with Gasteiger partial charge in [-0.15, -0.1) is 0 Å². The summed E-state index contributed by atoms with van der Waals surface area (Å²) in [5, 5.41) is 5.78. The molecule has 0 aliphatic rings. The van der Waals surface area contributed by atoms with Crippen molar-refractivity contribution >= 4 is 15.9 Å². The second-order valence-corrected chi connectivity index (χ2v) is 9.22. The molecule has 0 aliphatic carbocycles. The highest BCUT2D eigenvalue weighted by Crippen LogP contribution is 2.28. The quantitative estimate of drug-likeness (QED) is 0.702. The third-order valence-electron chi connectivity index (χ3n) is 4.23. The highest BCUT2D eigenvalue weighted by atomic mass is 32.2. The highest BCUT2D eigenvalue weighted by molar-refractivity contribution is 7.90. The Morgan fingerprint density at radius 2 is 1.71 bits per heavy atom. The van der Waals surface area contributed by atoms with Crippen LogP contribution in [0.2, 0.25) is 0 Å². The number of carbonyl (C=O) groups is 1. The summed E-state index contributed by atoms with van der Waals surface area (Å²) >= 11 is 0. The van der Waals surface area contributed by atoms with Crippen LogP contribution in [0.25, 0.3) is 11.3 Å². The van der Waals surface area contributed by atoms with Gasteiger partial charge in [0.15, 0.2) is 5.03 Å². The minimum absolute atomic E-state index is 0.181. The highest BCUT2D eigenvalue weighted by Gasteiger charge is 2.25. The number of rotatable bonds is 4. The first-order valence-corrected chi connectivity index (χ1v) is 10.2. The Bertz CT molecular complexity index is 1100. The Hall–Kier alpha value is -3.00. The molecule has 0 spiro atoms. The summed E-state index contributed by atoms with van der Waals surface area (Å²) in [6.07, 6.45) is 1.30. The molecule has 2 N–H and O–H groups in total. The molecule has 0 radical (unpaired) electrons. The maximum absolute atomic E-state index is 12.8. The van der Waals surface area contributed by atoms with Gasteiger partial charge in [-0.25, -0.2) is 4.72 Å². The Labute approximate surface area is 164 Å². The first kappa shape index (κ1) is 19.8. The van der Waals surface area contributed by atoms with Crippen molar-refractivity contribution in [2.24, 2.45) is 0 Å². The standard InChI is InChI=1S/C20H22N4O3S/c1-13-5-7-14(8-6-13)18-15(9-10-16(22-18)20(2,3)4)19(25)24-28(26,27)17-11-12-21-23-17/h5-12H,1-4H3,(H,21,23)(H,24,25). The number of hydrogen-bond acceptors (Lipinski definition) is 5. The summed E-state index contributed by atoms with van der Waals surface area (Å²) in [6.45, 7) is 8.04. The molecule has 3 aromatic rings. The second-order valence-electron chi connectivity index (χ2n) is 7.56. The minimum atomic E-state index is -4.05. The Morgan fingerprint density at radius 1 is 1.04 bits per heavy atom. The minimum Gasteiger partial charge on any atom is -0.268 e. The van der Waals surface area contributed by atoms with E-state index in [-0.39, 0.29) is 16.0 Å². The average molecular weight is 398 g/mol. The van der Waals surface area contributed by atoms with Crippen molar-refractivity contribution in [3.63, 3.8) is 0 Å². The lowest BCUT2D eigenvalue weighted by atomic mass is 9.90. The van der Waals surface area contributed by atoms with E-state index in [2.05, 4.69) is 19.9 Å². The van der Waals surface area contributed by atoms with E-state index in [4.69, 9.17) is 0 Å². The van der Waals surface area contributed by atoms with Gasteiger partial charge in [-0.3, -0.25) is 14.9 Å². The molecule has 0 fully saturated rings. The van der Waals surface area contributed by atoms with Crippen molar-refractivity contribution in [1.82, 2.24) is 19.9 Å². The summed E-state index contributed by atoms with van der Waals surface area (Å²) in [5.74, 6) is -0.752. The number of nitrogens with one attached hydrogen (secondary N) is 2. The number of aryl methyl sites for hydroxylation is 1. The number of aromatic nitrogens is 3. The number of carbonyl (C=O) groups excluding carboxylic acids is 1. The molecule has 1 aromatic carbocycles. The van der Waals surface area contributed by atoms with Crippen LogP contribution in [-0.4, -0.2) is 29.5 Å². The zero-order valence-electron chi connectivity index (χ0n) is 16.1. The van der Waals surface area contributed by atoms with Crippen LogP contribution in [-0.2, 0) is 15.4 Å². The van der Waals surface area contributed by atoms with E-state index in [1.54, 1.807) is 12.1 Å². The molecule has 2 aromatic heterocycles. The van der Waals surface area contributed by atoms with E-state index >= 15 is 0 Å². The van der Waals surface area contributed by atoms with E-state index < -0.39 is 15.9 Å². The molecule has 3 rings (SSSR count). The molecular weight excluding hydrogens is 376 g/mol. The first-order valence-electron chi connectivity index (χ1n) is 8.73. The van der Waals surface area contributed by atoms with Gasteiger partial charge in [-0.05, 0) is 25.1 Å². The summed E-state index contributed by atoms with van der Waals surface area (Å²) in [4.78, 5) is 17.5. The van der Waals surface area contributed by atoms with Crippen molar-refractivity contribution in [1.29, 1.82) is 0 Å². The predicted molar refractivity (Wildman–Crippen MR) is 106 cm³/mol. The van der Waals surface area contributed by atoms with Crippen LogP contribution in [0.3, 0.4) is 0 Å². The molecule has 8 heteroatoms. The topological polar surface area (TPSA) is 105 Å². The molecule has 0 saturated heterocycles. The molecule has 1 amide bonds. The predicted octanol–water partition coefficient (Wildman–Crippen LogP) is 3.20. The van der Waals surface area contributed by atoms with E-state index in [0.717, 1.165) is 16.8 Å².